The van der Waals surface area contributed by atoms with Crippen LogP contribution in [0, 0.1) is 0 Å². The molecular weight excluding hydrogens is 295 g/mol. The van der Waals surface area contributed by atoms with Crippen molar-refractivity contribution in [1.82, 2.24) is 5.32 Å². The predicted molar refractivity (Wildman–Crippen MR) is 77.5 cm³/mol. The molecule has 2 aromatic carbocycles. The van der Waals surface area contributed by atoms with Gasteiger partial charge in [-0.3, -0.25) is 4.79 Å². The third kappa shape index (κ3) is 5.04. The van der Waals surface area contributed by atoms with E-state index in [1.54, 1.807) is 0 Å². The first kappa shape index (κ1) is 16.3. The standard InChI is InChI=1S/C16H16F3NO2/c17-16(18,19)11-22-9-8-20-15(21)10-13-6-3-5-12-4-1-2-7-14(12)13/h1-7H,8-11H2,(H,20,21). The van der Waals surface area contributed by atoms with Crippen LogP contribution in [-0.2, 0) is 16.0 Å². The smallest absolute Gasteiger partial charge is 0.370 e. The van der Waals surface area contributed by atoms with Gasteiger partial charge in [0.25, 0.3) is 0 Å². The lowest BCUT2D eigenvalue weighted by Crippen LogP contribution is -2.30. The average Bonchev–Trinajstić information content (AvgIpc) is 2.46. The van der Waals surface area contributed by atoms with E-state index in [0.29, 0.717) is 0 Å². The quantitative estimate of drug-likeness (QED) is 0.833. The molecule has 3 nitrogen and oxygen atoms in total. The zero-order valence-electron chi connectivity index (χ0n) is 11.8. The monoisotopic (exact) mass is 311 g/mol. The first-order chi connectivity index (χ1) is 10.5. The van der Waals surface area contributed by atoms with Gasteiger partial charge in [0, 0.05) is 6.54 Å². The summed E-state index contributed by atoms with van der Waals surface area (Å²) in [5.41, 5.74) is 0.881. The van der Waals surface area contributed by atoms with Crippen molar-refractivity contribution in [3.63, 3.8) is 0 Å². The molecule has 0 aliphatic heterocycles. The molecule has 0 saturated heterocycles. The van der Waals surface area contributed by atoms with Crippen LogP contribution in [0.3, 0.4) is 0 Å². The van der Waals surface area contributed by atoms with E-state index < -0.39 is 12.8 Å². The summed E-state index contributed by atoms with van der Waals surface area (Å²) >= 11 is 0. The minimum Gasteiger partial charge on any atom is -0.370 e. The Morgan fingerprint density at radius 3 is 2.59 bits per heavy atom. The number of alkyl halides is 3. The van der Waals surface area contributed by atoms with E-state index in [4.69, 9.17) is 0 Å². The van der Waals surface area contributed by atoms with E-state index in [9.17, 15) is 18.0 Å². The molecule has 0 aromatic heterocycles. The maximum atomic E-state index is 11.9. The van der Waals surface area contributed by atoms with Crippen LogP contribution in [0.5, 0.6) is 0 Å². The van der Waals surface area contributed by atoms with Crippen LogP contribution in [0.2, 0.25) is 0 Å². The lowest BCUT2D eigenvalue weighted by Gasteiger charge is -2.09. The van der Waals surface area contributed by atoms with Gasteiger partial charge >= 0.3 is 6.18 Å². The van der Waals surface area contributed by atoms with Crippen molar-refractivity contribution in [2.75, 3.05) is 19.8 Å². The van der Waals surface area contributed by atoms with Crippen molar-refractivity contribution in [2.45, 2.75) is 12.6 Å². The summed E-state index contributed by atoms with van der Waals surface area (Å²) in [7, 11) is 0. The second-order valence-corrected chi connectivity index (χ2v) is 4.83. The molecule has 0 spiro atoms. The molecule has 6 heteroatoms. The summed E-state index contributed by atoms with van der Waals surface area (Å²) in [5.74, 6) is -0.244. The maximum absolute atomic E-state index is 11.9. The highest BCUT2D eigenvalue weighted by Crippen LogP contribution is 2.18. The number of hydrogen-bond donors (Lipinski definition) is 1. The van der Waals surface area contributed by atoms with E-state index in [2.05, 4.69) is 10.1 Å². The van der Waals surface area contributed by atoms with Crippen LogP contribution in [0.15, 0.2) is 42.5 Å². The summed E-state index contributed by atoms with van der Waals surface area (Å²) in [6.45, 7) is -1.41. The molecule has 0 fully saturated rings. The first-order valence-electron chi connectivity index (χ1n) is 6.83. The molecule has 2 rings (SSSR count). The Labute approximate surface area is 126 Å². The number of carbonyl (C=O) groups excluding carboxylic acids is 1. The molecule has 0 radical (unpaired) electrons. The fraction of sp³-hybridized carbons (Fsp3) is 0.312. The number of carbonyl (C=O) groups is 1. The molecule has 2 aromatic rings. The summed E-state index contributed by atoms with van der Waals surface area (Å²) in [6.07, 6.45) is -4.16. The van der Waals surface area contributed by atoms with Gasteiger partial charge in [-0.25, -0.2) is 0 Å². The Morgan fingerprint density at radius 1 is 1.09 bits per heavy atom. The van der Waals surface area contributed by atoms with Gasteiger partial charge in [0.1, 0.15) is 6.61 Å². The van der Waals surface area contributed by atoms with E-state index in [1.807, 2.05) is 42.5 Å². The minimum atomic E-state index is -4.34. The Balaban J connectivity index is 1.82. The number of rotatable bonds is 6. The van der Waals surface area contributed by atoms with Crippen molar-refractivity contribution in [2.24, 2.45) is 0 Å². The predicted octanol–water partition coefficient (Wildman–Crippen LogP) is 3.08. The molecular formula is C16H16F3NO2. The molecule has 1 N–H and O–H groups in total. The molecule has 0 atom stereocenters. The van der Waals surface area contributed by atoms with Gasteiger partial charge in [-0.05, 0) is 16.3 Å². The van der Waals surface area contributed by atoms with Crippen molar-refractivity contribution < 1.29 is 22.7 Å². The van der Waals surface area contributed by atoms with Crippen LogP contribution in [-0.4, -0.2) is 31.8 Å². The van der Waals surface area contributed by atoms with Gasteiger partial charge in [-0.1, -0.05) is 42.5 Å². The van der Waals surface area contributed by atoms with Gasteiger partial charge in [-0.15, -0.1) is 0 Å². The fourth-order valence-electron chi connectivity index (χ4n) is 2.13. The van der Waals surface area contributed by atoms with Crippen molar-refractivity contribution in [1.29, 1.82) is 0 Å². The Hall–Kier alpha value is -2.08. The van der Waals surface area contributed by atoms with Gasteiger partial charge in [0.2, 0.25) is 5.91 Å². The molecule has 0 aliphatic rings. The summed E-state index contributed by atoms with van der Waals surface area (Å²) < 4.78 is 40.0. The molecule has 0 heterocycles. The van der Waals surface area contributed by atoms with Crippen LogP contribution < -0.4 is 5.32 Å². The largest absolute Gasteiger partial charge is 0.411 e. The summed E-state index contributed by atoms with van der Waals surface area (Å²) in [5, 5.41) is 4.59. The summed E-state index contributed by atoms with van der Waals surface area (Å²) in [6, 6.07) is 13.4. The van der Waals surface area contributed by atoms with E-state index in [-0.39, 0.29) is 25.5 Å². The molecule has 118 valence electrons. The van der Waals surface area contributed by atoms with Crippen molar-refractivity contribution in [3.05, 3.63) is 48.0 Å². The lowest BCUT2D eigenvalue weighted by atomic mass is 10.0. The molecule has 0 saturated carbocycles. The number of amides is 1. The number of halogens is 3. The van der Waals surface area contributed by atoms with E-state index >= 15 is 0 Å². The molecule has 22 heavy (non-hydrogen) atoms. The third-order valence-corrected chi connectivity index (χ3v) is 3.07. The van der Waals surface area contributed by atoms with Gasteiger partial charge in [-0.2, -0.15) is 13.2 Å². The van der Waals surface area contributed by atoms with Crippen LogP contribution in [0.25, 0.3) is 10.8 Å². The highest BCUT2D eigenvalue weighted by atomic mass is 19.4. The highest BCUT2D eigenvalue weighted by Gasteiger charge is 2.27. The van der Waals surface area contributed by atoms with Gasteiger partial charge in [0.15, 0.2) is 0 Å². The second kappa shape index (κ2) is 7.26. The molecule has 0 aliphatic carbocycles. The van der Waals surface area contributed by atoms with E-state index in [1.165, 1.54) is 0 Å². The average molecular weight is 311 g/mol. The fourth-order valence-corrected chi connectivity index (χ4v) is 2.13. The third-order valence-electron chi connectivity index (χ3n) is 3.07. The lowest BCUT2D eigenvalue weighted by molar-refractivity contribution is -0.173. The van der Waals surface area contributed by atoms with Crippen molar-refractivity contribution >= 4 is 16.7 Å². The molecule has 0 unspecified atom stereocenters. The maximum Gasteiger partial charge on any atom is 0.411 e. The van der Waals surface area contributed by atoms with E-state index in [0.717, 1.165) is 16.3 Å². The topological polar surface area (TPSA) is 38.3 Å². The Bertz CT molecular complexity index is 635. The Kier molecular flexibility index (Phi) is 5.38. The van der Waals surface area contributed by atoms with Gasteiger partial charge < -0.3 is 10.1 Å². The zero-order valence-corrected chi connectivity index (χ0v) is 11.8. The number of fused-ring (bicyclic) bond motifs is 1. The van der Waals surface area contributed by atoms with Gasteiger partial charge in [0.05, 0.1) is 13.0 Å². The summed E-state index contributed by atoms with van der Waals surface area (Å²) in [4.78, 5) is 11.8. The van der Waals surface area contributed by atoms with Crippen molar-refractivity contribution in [3.8, 4) is 0 Å². The van der Waals surface area contributed by atoms with Crippen LogP contribution in [0.1, 0.15) is 5.56 Å². The molecule has 0 bridgehead atoms. The van der Waals surface area contributed by atoms with Crippen LogP contribution in [0.4, 0.5) is 13.2 Å². The number of hydrogen-bond acceptors (Lipinski definition) is 2. The minimum absolute atomic E-state index is 0.0552. The normalized spacial score (nSPS) is 11.6. The SMILES string of the molecule is O=C(Cc1cccc2ccccc12)NCCOCC(F)(F)F. The molecule has 1 amide bonds. The zero-order chi connectivity index (χ0) is 16.0. The number of ether oxygens (including phenoxy) is 1. The number of benzene rings is 2. The second-order valence-electron chi connectivity index (χ2n) is 4.83. The highest BCUT2D eigenvalue weighted by molar-refractivity contribution is 5.90. The Morgan fingerprint density at radius 2 is 1.82 bits per heavy atom. The first-order valence-corrected chi connectivity index (χ1v) is 6.83. The van der Waals surface area contributed by atoms with Crippen LogP contribution >= 0.6 is 0 Å². The number of nitrogens with one attached hydrogen (secondary N) is 1.